The zero-order valence-corrected chi connectivity index (χ0v) is 18.3. The molecule has 5 aromatic rings. The van der Waals surface area contributed by atoms with E-state index in [0.717, 1.165) is 23.4 Å². The lowest BCUT2D eigenvalue weighted by Crippen LogP contribution is -2.33. The van der Waals surface area contributed by atoms with Crippen LogP contribution in [-0.2, 0) is 17.9 Å². The van der Waals surface area contributed by atoms with E-state index < -0.39 is 0 Å². The molecule has 0 saturated heterocycles. The Labute approximate surface area is 186 Å². The van der Waals surface area contributed by atoms with Crippen molar-refractivity contribution in [1.82, 2.24) is 19.4 Å². The van der Waals surface area contributed by atoms with Gasteiger partial charge in [0.25, 0.3) is 5.56 Å². The number of aromatic nitrogens is 3. The number of hydrogen-bond acceptors (Lipinski definition) is 5. The third-order valence-corrected chi connectivity index (χ3v) is 7.03. The number of hydrogen-bond donors (Lipinski definition) is 1. The molecule has 1 N–H and O–H groups in total. The second-order valence-corrected chi connectivity index (χ2v) is 9.06. The molecule has 0 aliphatic heterocycles. The summed E-state index contributed by atoms with van der Waals surface area (Å²) in [6.07, 6.45) is 4.34. The normalized spacial score (nSPS) is 11.4. The maximum Gasteiger partial charge on any atom is 0.263 e. The Morgan fingerprint density at radius 2 is 1.97 bits per heavy atom. The van der Waals surface area contributed by atoms with E-state index in [1.54, 1.807) is 11.3 Å². The summed E-state index contributed by atoms with van der Waals surface area (Å²) in [5, 5.41) is 8.66. The Morgan fingerprint density at radius 3 is 2.84 bits per heavy atom. The maximum atomic E-state index is 13.0. The second kappa shape index (κ2) is 8.49. The van der Waals surface area contributed by atoms with Crippen molar-refractivity contribution >= 4 is 49.7 Å². The van der Waals surface area contributed by atoms with Crippen molar-refractivity contribution in [3.05, 3.63) is 76.1 Å². The predicted octanol–water partition coefficient (Wildman–Crippen LogP) is 4.35. The van der Waals surface area contributed by atoms with E-state index in [1.165, 1.54) is 33.1 Å². The van der Waals surface area contributed by atoms with Crippen LogP contribution in [0.5, 0.6) is 0 Å². The summed E-state index contributed by atoms with van der Waals surface area (Å²) >= 11 is 3.04. The van der Waals surface area contributed by atoms with Crippen LogP contribution in [0.2, 0.25) is 0 Å². The Hall–Kier alpha value is -3.23. The first-order valence-electron chi connectivity index (χ1n) is 10.0. The quantitative estimate of drug-likeness (QED) is 0.377. The van der Waals surface area contributed by atoms with E-state index in [0.29, 0.717) is 16.8 Å². The summed E-state index contributed by atoms with van der Waals surface area (Å²) in [6, 6.07) is 14.3. The Bertz CT molecular complexity index is 1410. The number of nitrogens with zero attached hydrogens (tertiary/aromatic N) is 3. The summed E-state index contributed by atoms with van der Waals surface area (Å²) in [5.74, 6) is -0.187. The number of nitrogens with one attached hydrogen (secondary N) is 1. The minimum Gasteiger partial charge on any atom is -0.354 e. The third-order valence-electron chi connectivity index (χ3n) is 5.24. The molecule has 6 nitrogen and oxygen atoms in total. The van der Waals surface area contributed by atoms with Crippen molar-refractivity contribution in [1.29, 1.82) is 0 Å². The van der Waals surface area contributed by atoms with E-state index in [4.69, 9.17) is 0 Å². The van der Waals surface area contributed by atoms with Gasteiger partial charge in [0.2, 0.25) is 5.91 Å². The number of aryl methyl sites for hydroxylation is 1. The molecule has 1 amide bonds. The van der Waals surface area contributed by atoms with Gasteiger partial charge in [0.15, 0.2) is 0 Å². The molecule has 156 valence electrons. The lowest BCUT2D eigenvalue weighted by molar-refractivity contribution is -0.121. The summed E-state index contributed by atoms with van der Waals surface area (Å²) in [7, 11) is 0. The Kier molecular flexibility index (Phi) is 5.40. The molecule has 0 fully saturated rings. The topological polar surface area (TPSA) is 68.9 Å². The van der Waals surface area contributed by atoms with Gasteiger partial charge in [-0.3, -0.25) is 14.2 Å². The molecule has 0 saturated carbocycles. The molecule has 0 spiro atoms. The van der Waals surface area contributed by atoms with Gasteiger partial charge in [0, 0.05) is 40.6 Å². The molecule has 0 aliphatic carbocycles. The highest BCUT2D eigenvalue weighted by Crippen LogP contribution is 2.33. The average molecular weight is 449 g/mol. The predicted molar refractivity (Wildman–Crippen MR) is 127 cm³/mol. The number of carbonyl (C=O) groups excluding carboxylic acids is 1. The number of carbonyl (C=O) groups is 1. The fourth-order valence-corrected chi connectivity index (χ4v) is 5.44. The minimum atomic E-state index is -0.187. The van der Waals surface area contributed by atoms with E-state index in [1.807, 2.05) is 35.0 Å². The molecule has 0 aliphatic rings. The van der Waals surface area contributed by atoms with Gasteiger partial charge in [-0.15, -0.1) is 22.7 Å². The molecule has 0 atom stereocenters. The molecular formula is C23H20N4O2S2. The third kappa shape index (κ3) is 3.92. The number of amides is 1. The van der Waals surface area contributed by atoms with E-state index in [2.05, 4.69) is 39.3 Å². The number of fused-ring (bicyclic) bond motifs is 2. The number of rotatable bonds is 7. The van der Waals surface area contributed by atoms with Crippen LogP contribution in [0, 0.1) is 0 Å². The molecule has 4 heterocycles. The van der Waals surface area contributed by atoms with Crippen LogP contribution < -0.4 is 10.9 Å². The minimum absolute atomic E-state index is 0.0338. The second-order valence-electron chi connectivity index (χ2n) is 7.26. The lowest BCUT2D eigenvalue weighted by atomic mass is 10.2. The molecular weight excluding hydrogens is 428 g/mol. The highest BCUT2D eigenvalue weighted by molar-refractivity contribution is 7.18. The fraction of sp³-hybridized carbons (Fsp3) is 0.174. The van der Waals surface area contributed by atoms with Gasteiger partial charge in [-0.05, 0) is 35.4 Å². The highest BCUT2D eigenvalue weighted by Gasteiger charge is 2.15. The summed E-state index contributed by atoms with van der Waals surface area (Å²) in [6.45, 7) is 1.34. The van der Waals surface area contributed by atoms with Gasteiger partial charge in [-0.25, -0.2) is 4.98 Å². The van der Waals surface area contributed by atoms with Crippen molar-refractivity contribution in [2.45, 2.75) is 19.5 Å². The van der Waals surface area contributed by atoms with Crippen LogP contribution in [-0.4, -0.2) is 26.6 Å². The van der Waals surface area contributed by atoms with Gasteiger partial charge in [0.05, 0.1) is 11.7 Å². The largest absolute Gasteiger partial charge is 0.354 e. The summed E-state index contributed by atoms with van der Waals surface area (Å²) in [5.41, 5.74) is 1.90. The summed E-state index contributed by atoms with van der Waals surface area (Å²) in [4.78, 5) is 31.5. The van der Waals surface area contributed by atoms with Crippen LogP contribution >= 0.6 is 22.7 Å². The Balaban J connectivity index is 1.23. The zero-order chi connectivity index (χ0) is 21.2. The van der Waals surface area contributed by atoms with E-state index in [9.17, 15) is 9.59 Å². The van der Waals surface area contributed by atoms with Crippen molar-refractivity contribution in [3.8, 4) is 10.4 Å². The van der Waals surface area contributed by atoms with Gasteiger partial charge < -0.3 is 9.88 Å². The molecule has 0 bridgehead atoms. The van der Waals surface area contributed by atoms with Crippen LogP contribution in [0.4, 0.5) is 0 Å². The zero-order valence-electron chi connectivity index (χ0n) is 16.7. The maximum absolute atomic E-state index is 13.0. The van der Waals surface area contributed by atoms with E-state index in [-0.39, 0.29) is 18.0 Å². The number of thiophene rings is 2. The molecule has 31 heavy (non-hydrogen) atoms. The van der Waals surface area contributed by atoms with Crippen molar-refractivity contribution in [3.63, 3.8) is 0 Å². The van der Waals surface area contributed by atoms with Crippen molar-refractivity contribution in [2.75, 3.05) is 6.54 Å². The smallest absolute Gasteiger partial charge is 0.263 e. The monoisotopic (exact) mass is 448 g/mol. The fourth-order valence-electron chi connectivity index (χ4n) is 3.72. The van der Waals surface area contributed by atoms with Crippen LogP contribution in [0.1, 0.15) is 6.42 Å². The molecule has 0 radical (unpaired) electrons. The van der Waals surface area contributed by atoms with Crippen molar-refractivity contribution in [2.24, 2.45) is 0 Å². The number of para-hydroxylation sites is 1. The number of benzene rings is 1. The van der Waals surface area contributed by atoms with E-state index >= 15 is 0 Å². The van der Waals surface area contributed by atoms with Gasteiger partial charge in [-0.1, -0.05) is 24.3 Å². The molecule has 5 rings (SSSR count). The highest BCUT2D eigenvalue weighted by atomic mass is 32.1. The lowest BCUT2D eigenvalue weighted by Gasteiger charge is -2.09. The van der Waals surface area contributed by atoms with Crippen LogP contribution in [0.15, 0.2) is 70.5 Å². The van der Waals surface area contributed by atoms with Gasteiger partial charge >= 0.3 is 0 Å². The molecule has 0 unspecified atom stereocenters. The average Bonchev–Trinajstić information content (AvgIpc) is 3.53. The Morgan fingerprint density at radius 1 is 1.06 bits per heavy atom. The van der Waals surface area contributed by atoms with Gasteiger partial charge in [0.1, 0.15) is 11.4 Å². The van der Waals surface area contributed by atoms with Crippen LogP contribution in [0.3, 0.4) is 0 Å². The first-order valence-corrected chi connectivity index (χ1v) is 11.8. The first-order chi connectivity index (χ1) is 15.2. The van der Waals surface area contributed by atoms with Crippen molar-refractivity contribution < 1.29 is 4.79 Å². The molecule has 4 aromatic heterocycles. The molecule has 8 heteroatoms. The van der Waals surface area contributed by atoms with Crippen LogP contribution in [0.25, 0.3) is 31.6 Å². The standard InChI is InChI=1S/C23H20N4O2S2/c28-20(24-9-4-10-26-11-8-16-5-1-2-6-18(16)26)13-27-15-25-22-21(23(27)29)17(14-31-22)19-7-3-12-30-19/h1-3,5-8,11-12,14-15H,4,9-10,13H2,(H,24,28). The SMILES string of the molecule is O=C(Cn1cnc2scc(-c3cccs3)c2c1=O)NCCCn1ccc2ccccc21. The van der Waals surface area contributed by atoms with Gasteiger partial charge in [-0.2, -0.15) is 0 Å². The molecule has 1 aromatic carbocycles. The first kappa shape index (κ1) is 19.7. The summed E-state index contributed by atoms with van der Waals surface area (Å²) < 4.78 is 3.58.